The molecule has 2 rings (SSSR count). The molecular weight excluding hydrogens is 274 g/mol. The first kappa shape index (κ1) is 16.9. The van der Waals surface area contributed by atoms with Gasteiger partial charge in [0.05, 0.1) is 0 Å². The average molecular weight is 306 g/mol. The largest absolute Gasteiger partial charge is 0.313 e. The van der Waals surface area contributed by atoms with E-state index < -0.39 is 0 Å². The molecule has 3 unspecified atom stereocenters. The Morgan fingerprint density at radius 1 is 1.19 bits per heavy atom. The highest BCUT2D eigenvalue weighted by Crippen LogP contribution is 2.38. The molecule has 0 bridgehead atoms. The Kier molecular flexibility index (Phi) is 7.12. The Hall–Kier alpha value is -0.470. The van der Waals surface area contributed by atoms with Gasteiger partial charge in [-0.3, -0.25) is 0 Å². The van der Waals surface area contributed by atoms with E-state index in [1.165, 1.54) is 31.4 Å². The fraction of sp³-hybridized carbons (Fsp3) is 0.684. The van der Waals surface area contributed by atoms with Crippen LogP contribution in [0.2, 0.25) is 0 Å². The van der Waals surface area contributed by atoms with Crippen molar-refractivity contribution in [1.29, 1.82) is 0 Å². The molecule has 0 amide bonds. The summed E-state index contributed by atoms with van der Waals surface area (Å²) in [4.78, 5) is 0. The van der Waals surface area contributed by atoms with Crippen molar-refractivity contribution in [3.05, 3.63) is 35.9 Å². The molecule has 1 saturated carbocycles. The lowest BCUT2D eigenvalue weighted by atomic mass is 9.81. The maximum atomic E-state index is 3.72. The van der Waals surface area contributed by atoms with Crippen LogP contribution in [0.3, 0.4) is 0 Å². The molecule has 3 atom stereocenters. The van der Waals surface area contributed by atoms with Gasteiger partial charge in [-0.15, -0.1) is 0 Å². The molecule has 1 aliphatic rings. The summed E-state index contributed by atoms with van der Waals surface area (Å²) in [5.41, 5.74) is 1.54. The van der Waals surface area contributed by atoms with Crippen LogP contribution < -0.4 is 5.32 Å². The predicted octanol–water partition coefficient (Wildman–Crippen LogP) is 5.08. The summed E-state index contributed by atoms with van der Waals surface area (Å²) in [5, 5.41) is 4.50. The second-order valence-electron chi connectivity index (χ2n) is 6.68. The van der Waals surface area contributed by atoms with E-state index in [0.717, 1.165) is 23.6 Å². The molecule has 1 aliphatic carbocycles. The Labute approximate surface area is 135 Å². The Bertz CT molecular complexity index is 390. The van der Waals surface area contributed by atoms with Crippen molar-refractivity contribution < 1.29 is 0 Å². The molecule has 0 radical (unpaired) electrons. The Balaban J connectivity index is 1.94. The predicted molar refractivity (Wildman–Crippen MR) is 96.2 cm³/mol. The molecular formula is C19H31NS. The van der Waals surface area contributed by atoms with Crippen LogP contribution in [0.5, 0.6) is 0 Å². The molecule has 1 fully saturated rings. The summed E-state index contributed by atoms with van der Waals surface area (Å²) >= 11 is 2.21. The maximum Gasteiger partial charge on any atom is 0.0206 e. The number of benzene rings is 1. The summed E-state index contributed by atoms with van der Waals surface area (Å²) in [6, 6.07) is 11.8. The summed E-state index contributed by atoms with van der Waals surface area (Å²) in [5.74, 6) is 2.90. The van der Waals surface area contributed by atoms with E-state index in [4.69, 9.17) is 0 Å². The van der Waals surface area contributed by atoms with Gasteiger partial charge in [-0.25, -0.2) is 0 Å². The normalized spacial score (nSPS) is 26.2. The van der Waals surface area contributed by atoms with Gasteiger partial charge in [-0.1, -0.05) is 51.1 Å². The maximum absolute atomic E-state index is 3.72. The van der Waals surface area contributed by atoms with E-state index in [1.54, 1.807) is 5.56 Å². The molecule has 0 aromatic heterocycles. The van der Waals surface area contributed by atoms with Crippen LogP contribution in [0.25, 0.3) is 0 Å². The summed E-state index contributed by atoms with van der Waals surface area (Å²) in [6.45, 7) is 7.99. The minimum absolute atomic E-state index is 0.715. The molecule has 0 heterocycles. The number of nitrogens with one attached hydrogen (secondary N) is 1. The smallest absolute Gasteiger partial charge is 0.0206 e. The van der Waals surface area contributed by atoms with Crippen molar-refractivity contribution in [1.82, 2.24) is 5.32 Å². The molecule has 1 nitrogen and oxygen atoms in total. The van der Waals surface area contributed by atoms with E-state index in [0.29, 0.717) is 6.04 Å². The van der Waals surface area contributed by atoms with Gasteiger partial charge < -0.3 is 5.32 Å². The summed E-state index contributed by atoms with van der Waals surface area (Å²) in [6.07, 6.45) is 5.34. The molecule has 118 valence electrons. The first-order valence-electron chi connectivity index (χ1n) is 8.60. The number of hydrogen-bond acceptors (Lipinski definition) is 2. The average Bonchev–Trinajstić information content (AvgIpc) is 2.49. The zero-order chi connectivity index (χ0) is 15.1. The van der Waals surface area contributed by atoms with Gasteiger partial charge in [0.1, 0.15) is 0 Å². The lowest BCUT2D eigenvalue weighted by Crippen LogP contribution is -2.42. The van der Waals surface area contributed by atoms with Crippen LogP contribution in [0.4, 0.5) is 0 Å². The highest BCUT2D eigenvalue weighted by molar-refractivity contribution is 7.99. The van der Waals surface area contributed by atoms with Crippen LogP contribution in [0.1, 0.15) is 57.9 Å². The van der Waals surface area contributed by atoms with E-state index in [1.807, 2.05) is 0 Å². The molecule has 0 saturated heterocycles. The quantitative estimate of drug-likeness (QED) is 0.754. The van der Waals surface area contributed by atoms with Crippen molar-refractivity contribution in [3.8, 4) is 0 Å². The van der Waals surface area contributed by atoms with Crippen molar-refractivity contribution in [3.63, 3.8) is 0 Å². The molecule has 1 aromatic carbocycles. The highest BCUT2D eigenvalue weighted by Gasteiger charge is 2.30. The third kappa shape index (κ3) is 5.34. The second-order valence-corrected chi connectivity index (χ2v) is 8.02. The van der Waals surface area contributed by atoms with Gasteiger partial charge in [0.25, 0.3) is 0 Å². The van der Waals surface area contributed by atoms with Crippen LogP contribution >= 0.6 is 11.8 Å². The summed E-state index contributed by atoms with van der Waals surface area (Å²) < 4.78 is 0. The van der Waals surface area contributed by atoms with Gasteiger partial charge in [0.2, 0.25) is 0 Å². The monoisotopic (exact) mass is 305 g/mol. The van der Waals surface area contributed by atoms with Gasteiger partial charge in [-0.05, 0) is 55.4 Å². The molecule has 2 heteroatoms. The zero-order valence-corrected chi connectivity index (χ0v) is 14.7. The lowest BCUT2D eigenvalue weighted by molar-refractivity contribution is 0.357. The van der Waals surface area contributed by atoms with Crippen molar-refractivity contribution >= 4 is 11.8 Å². The number of thioether (sulfide) groups is 1. The van der Waals surface area contributed by atoms with Crippen molar-refractivity contribution in [2.75, 3.05) is 12.3 Å². The van der Waals surface area contributed by atoms with Crippen LogP contribution in [-0.2, 0) is 0 Å². The minimum Gasteiger partial charge on any atom is -0.313 e. The van der Waals surface area contributed by atoms with Gasteiger partial charge in [-0.2, -0.15) is 11.8 Å². The van der Waals surface area contributed by atoms with Crippen LogP contribution in [0.15, 0.2) is 30.3 Å². The molecule has 1 aromatic rings. The molecule has 0 spiro atoms. The second kappa shape index (κ2) is 8.85. The van der Waals surface area contributed by atoms with Crippen LogP contribution in [-0.4, -0.2) is 23.6 Å². The van der Waals surface area contributed by atoms with E-state index in [-0.39, 0.29) is 0 Å². The fourth-order valence-electron chi connectivity index (χ4n) is 3.29. The highest BCUT2D eigenvalue weighted by atomic mass is 32.2. The number of rotatable bonds is 7. The van der Waals surface area contributed by atoms with E-state index in [9.17, 15) is 0 Å². The number of hydrogen-bond donors (Lipinski definition) is 1. The Morgan fingerprint density at radius 2 is 1.95 bits per heavy atom. The van der Waals surface area contributed by atoms with Crippen LogP contribution in [0, 0.1) is 5.92 Å². The third-order valence-electron chi connectivity index (χ3n) is 4.56. The Morgan fingerprint density at radius 3 is 2.62 bits per heavy atom. The van der Waals surface area contributed by atoms with E-state index in [2.05, 4.69) is 68.2 Å². The molecule has 0 aliphatic heterocycles. The standard InChI is InChI=1S/C19H31NS/c1-4-20-18-11-10-17(16-8-6-5-7-9-16)14-19(18)21-13-12-15(2)3/h5-9,15,17-20H,4,10-14H2,1-3H3. The molecule has 1 N–H and O–H groups in total. The van der Waals surface area contributed by atoms with E-state index >= 15 is 0 Å². The zero-order valence-electron chi connectivity index (χ0n) is 13.8. The van der Waals surface area contributed by atoms with Gasteiger partial charge >= 0.3 is 0 Å². The minimum atomic E-state index is 0.715. The SMILES string of the molecule is CCNC1CCC(c2ccccc2)CC1SCCC(C)C. The lowest BCUT2D eigenvalue weighted by Gasteiger charge is -2.36. The van der Waals surface area contributed by atoms with Crippen molar-refractivity contribution in [2.45, 2.75) is 63.7 Å². The fourth-order valence-corrected chi connectivity index (χ4v) is 5.04. The topological polar surface area (TPSA) is 12.0 Å². The van der Waals surface area contributed by atoms with Gasteiger partial charge in [0, 0.05) is 11.3 Å². The third-order valence-corrected chi connectivity index (χ3v) is 5.98. The van der Waals surface area contributed by atoms with Crippen molar-refractivity contribution in [2.24, 2.45) is 5.92 Å². The summed E-state index contributed by atoms with van der Waals surface area (Å²) in [7, 11) is 0. The first-order valence-corrected chi connectivity index (χ1v) is 9.65. The van der Waals surface area contributed by atoms with Gasteiger partial charge in [0.15, 0.2) is 0 Å². The first-order chi connectivity index (χ1) is 10.2. The molecule has 21 heavy (non-hydrogen) atoms.